The summed E-state index contributed by atoms with van der Waals surface area (Å²) in [5.74, 6) is -1.87. The quantitative estimate of drug-likeness (QED) is 0.678. The normalized spacial score (nSPS) is 9.62. The second kappa shape index (κ2) is 3.70. The molecule has 1 aromatic heterocycles. The van der Waals surface area contributed by atoms with Crippen molar-refractivity contribution in [1.82, 2.24) is 10.3 Å². The summed E-state index contributed by atoms with van der Waals surface area (Å²) in [5, 5.41) is 10.4. The fourth-order valence-corrected chi connectivity index (χ4v) is 0.690. The van der Waals surface area contributed by atoms with Crippen LogP contribution in [0, 0.1) is 6.92 Å². The van der Waals surface area contributed by atoms with Gasteiger partial charge in [-0.1, -0.05) is 0 Å². The highest BCUT2D eigenvalue weighted by Crippen LogP contribution is 1.99. The second-order valence-electron chi connectivity index (χ2n) is 2.37. The van der Waals surface area contributed by atoms with E-state index in [-0.39, 0.29) is 5.89 Å². The number of aryl methyl sites for hydroxylation is 1. The van der Waals surface area contributed by atoms with Crippen molar-refractivity contribution in [2.45, 2.75) is 6.92 Å². The molecule has 0 saturated carbocycles. The third kappa shape index (κ3) is 2.58. The molecule has 0 aromatic carbocycles. The van der Waals surface area contributed by atoms with Gasteiger partial charge >= 0.3 is 11.9 Å². The molecule has 0 fully saturated rings. The van der Waals surface area contributed by atoms with Gasteiger partial charge in [-0.05, 0) is 6.92 Å². The summed E-state index contributed by atoms with van der Waals surface area (Å²) >= 11 is 0. The Hall–Kier alpha value is -1.85. The van der Waals surface area contributed by atoms with E-state index >= 15 is 0 Å². The van der Waals surface area contributed by atoms with Crippen molar-refractivity contribution >= 4 is 11.9 Å². The zero-order valence-electron chi connectivity index (χ0n) is 6.90. The van der Waals surface area contributed by atoms with Crippen molar-refractivity contribution in [3.8, 4) is 0 Å². The van der Waals surface area contributed by atoms with E-state index < -0.39 is 18.4 Å². The number of hydrogen-bond acceptors (Lipinski definition) is 4. The molecule has 0 radical (unpaired) electrons. The van der Waals surface area contributed by atoms with Crippen LogP contribution >= 0.6 is 0 Å². The van der Waals surface area contributed by atoms with Crippen molar-refractivity contribution in [2.75, 3.05) is 6.54 Å². The molecule has 0 unspecified atom stereocenters. The Labute approximate surface area is 73.6 Å². The van der Waals surface area contributed by atoms with Crippen LogP contribution in [0.3, 0.4) is 0 Å². The van der Waals surface area contributed by atoms with E-state index in [2.05, 4.69) is 10.3 Å². The van der Waals surface area contributed by atoms with Crippen molar-refractivity contribution < 1.29 is 19.1 Å². The molecule has 0 aliphatic heterocycles. The smallest absolute Gasteiger partial charge is 0.322 e. The van der Waals surface area contributed by atoms with E-state index in [1.54, 1.807) is 6.92 Å². The summed E-state index contributed by atoms with van der Waals surface area (Å²) in [6, 6.07) is 0. The maximum atomic E-state index is 11.0. The minimum atomic E-state index is -1.11. The molecule has 6 nitrogen and oxygen atoms in total. The number of oxazole rings is 1. The monoisotopic (exact) mass is 184 g/mol. The average molecular weight is 184 g/mol. The van der Waals surface area contributed by atoms with Gasteiger partial charge in [0.1, 0.15) is 12.8 Å². The Kier molecular flexibility index (Phi) is 2.63. The van der Waals surface area contributed by atoms with Gasteiger partial charge in [0.25, 0.3) is 5.89 Å². The number of nitrogens with zero attached hydrogens (tertiary/aromatic N) is 1. The van der Waals surface area contributed by atoms with Crippen LogP contribution in [0.2, 0.25) is 0 Å². The molecule has 0 spiro atoms. The lowest BCUT2D eigenvalue weighted by molar-refractivity contribution is -0.135. The summed E-state index contributed by atoms with van der Waals surface area (Å²) in [4.78, 5) is 24.8. The standard InChI is InChI=1S/C7H8N2O4/c1-4-3-13-7(9-4)6(12)8-2-5(10)11/h3H,2H2,1H3,(H,8,12)(H,10,11). The van der Waals surface area contributed by atoms with Gasteiger partial charge in [0.15, 0.2) is 0 Å². The maximum absolute atomic E-state index is 11.0. The van der Waals surface area contributed by atoms with Gasteiger partial charge in [0.05, 0.1) is 5.69 Å². The molecule has 70 valence electrons. The van der Waals surface area contributed by atoms with Gasteiger partial charge in [0.2, 0.25) is 0 Å². The van der Waals surface area contributed by atoms with Gasteiger partial charge in [0, 0.05) is 0 Å². The molecular weight excluding hydrogens is 176 g/mol. The maximum Gasteiger partial charge on any atom is 0.322 e. The Morgan fingerprint density at radius 3 is 2.85 bits per heavy atom. The first-order chi connectivity index (χ1) is 6.09. The molecule has 13 heavy (non-hydrogen) atoms. The lowest BCUT2D eigenvalue weighted by atomic mass is 10.5. The first kappa shape index (κ1) is 9.24. The Balaban J connectivity index is 2.54. The number of amides is 1. The van der Waals surface area contributed by atoms with Gasteiger partial charge in [-0.2, -0.15) is 0 Å². The summed E-state index contributed by atoms with van der Waals surface area (Å²) in [6.07, 6.45) is 1.32. The fourth-order valence-electron chi connectivity index (χ4n) is 0.690. The zero-order valence-corrected chi connectivity index (χ0v) is 6.90. The molecule has 0 aliphatic rings. The van der Waals surface area contributed by atoms with Gasteiger partial charge in [-0.3, -0.25) is 9.59 Å². The zero-order chi connectivity index (χ0) is 9.84. The molecule has 1 rings (SSSR count). The highest BCUT2D eigenvalue weighted by atomic mass is 16.4. The topological polar surface area (TPSA) is 92.4 Å². The molecule has 1 aromatic rings. The van der Waals surface area contributed by atoms with Crippen LogP contribution in [0.5, 0.6) is 0 Å². The van der Waals surface area contributed by atoms with Crippen LogP contribution in [0.4, 0.5) is 0 Å². The first-order valence-electron chi connectivity index (χ1n) is 3.51. The lowest BCUT2D eigenvalue weighted by Crippen LogP contribution is -2.29. The van der Waals surface area contributed by atoms with E-state index in [1.165, 1.54) is 6.26 Å². The summed E-state index contributed by atoms with van der Waals surface area (Å²) in [7, 11) is 0. The van der Waals surface area contributed by atoms with E-state index in [9.17, 15) is 9.59 Å². The highest BCUT2D eigenvalue weighted by Gasteiger charge is 2.12. The third-order valence-electron chi connectivity index (χ3n) is 1.21. The fraction of sp³-hybridized carbons (Fsp3) is 0.286. The lowest BCUT2D eigenvalue weighted by Gasteiger charge is -1.95. The molecule has 0 saturated heterocycles. The largest absolute Gasteiger partial charge is 0.480 e. The molecule has 6 heteroatoms. The predicted molar refractivity (Wildman–Crippen MR) is 41.2 cm³/mol. The van der Waals surface area contributed by atoms with Crippen LogP contribution < -0.4 is 5.32 Å². The number of rotatable bonds is 3. The number of nitrogens with one attached hydrogen (secondary N) is 1. The number of carboxylic acids is 1. The van der Waals surface area contributed by atoms with Crippen molar-refractivity contribution in [3.05, 3.63) is 17.8 Å². The van der Waals surface area contributed by atoms with Crippen LogP contribution in [0.25, 0.3) is 0 Å². The van der Waals surface area contributed by atoms with E-state index in [4.69, 9.17) is 9.52 Å². The molecule has 1 amide bonds. The van der Waals surface area contributed by atoms with Crippen LogP contribution in [-0.4, -0.2) is 28.5 Å². The minimum Gasteiger partial charge on any atom is -0.480 e. The Morgan fingerprint density at radius 2 is 2.38 bits per heavy atom. The van der Waals surface area contributed by atoms with Crippen molar-refractivity contribution in [2.24, 2.45) is 0 Å². The number of carboxylic acid groups (broad SMARTS) is 1. The predicted octanol–water partition coefficient (Wildman–Crippen LogP) is -0.203. The second-order valence-corrected chi connectivity index (χ2v) is 2.37. The molecule has 0 aliphatic carbocycles. The van der Waals surface area contributed by atoms with Crippen LogP contribution in [-0.2, 0) is 4.79 Å². The van der Waals surface area contributed by atoms with E-state index in [0.717, 1.165) is 0 Å². The molecule has 0 bridgehead atoms. The number of aliphatic carboxylic acids is 1. The highest BCUT2D eigenvalue weighted by molar-refractivity contribution is 5.91. The molecular formula is C7H8N2O4. The van der Waals surface area contributed by atoms with Gasteiger partial charge in [-0.15, -0.1) is 0 Å². The van der Waals surface area contributed by atoms with Crippen molar-refractivity contribution in [3.63, 3.8) is 0 Å². The number of carbonyl (C=O) groups excluding carboxylic acids is 1. The minimum absolute atomic E-state index is 0.126. The summed E-state index contributed by atoms with van der Waals surface area (Å²) < 4.78 is 4.74. The average Bonchev–Trinajstić information content (AvgIpc) is 2.47. The SMILES string of the molecule is Cc1coc(C(=O)NCC(=O)O)n1. The first-order valence-corrected chi connectivity index (χ1v) is 3.51. The summed E-state index contributed by atoms with van der Waals surface area (Å²) in [5.41, 5.74) is 0.570. The van der Waals surface area contributed by atoms with E-state index in [1.807, 2.05) is 0 Å². The molecule has 2 N–H and O–H groups in total. The van der Waals surface area contributed by atoms with Crippen LogP contribution in [0.1, 0.15) is 16.4 Å². The Bertz CT molecular complexity index is 331. The molecule has 0 atom stereocenters. The number of carbonyl (C=O) groups is 2. The third-order valence-corrected chi connectivity index (χ3v) is 1.21. The van der Waals surface area contributed by atoms with Crippen molar-refractivity contribution in [1.29, 1.82) is 0 Å². The number of aromatic nitrogens is 1. The van der Waals surface area contributed by atoms with Gasteiger partial charge in [-0.25, -0.2) is 4.98 Å². The molecule has 1 heterocycles. The van der Waals surface area contributed by atoms with E-state index in [0.29, 0.717) is 5.69 Å². The Morgan fingerprint density at radius 1 is 1.69 bits per heavy atom. The van der Waals surface area contributed by atoms with Crippen LogP contribution in [0.15, 0.2) is 10.7 Å². The number of hydrogen-bond donors (Lipinski definition) is 2. The van der Waals surface area contributed by atoms with Gasteiger partial charge < -0.3 is 14.8 Å². The summed E-state index contributed by atoms with van der Waals surface area (Å²) in [6.45, 7) is 1.22.